The van der Waals surface area contributed by atoms with Gasteiger partial charge in [-0.3, -0.25) is 0 Å². The molecule has 1 N–H and O–H groups in total. The van der Waals surface area contributed by atoms with Crippen molar-refractivity contribution in [2.24, 2.45) is 0 Å². The van der Waals surface area contributed by atoms with Crippen LogP contribution in [-0.4, -0.2) is 42.2 Å². The molecule has 0 aliphatic carbocycles. The molecule has 0 unspecified atom stereocenters. The molecule has 5 heteroatoms. The number of hydrogen-bond acceptors (Lipinski definition) is 5. The molecule has 0 spiro atoms. The number of aliphatic hydroxyl groups is 1. The summed E-state index contributed by atoms with van der Waals surface area (Å²) in [5.74, 6) is 2.17. The zero-order valence-electron chi connectivity index (χ0n) is 6.44. The van der Waals surface area contributed by atoms with E-state index in [2.05, 4.69) is 37.9 Å². The lowest BCUT2D eigenvalue weighted by Crippen LogP contribution is -1.97. The summed E-state index contributed by atoms with van der Waals surface area (Å²) in [5.41, 5.74) is 0. The molecule has 70 valence electrons. The molecule has 0 radical (unpaired) electrons. The van der Waals surface area contributed by atoms with Crippen molar-refractivity contribution in [3.05, 3.63) is 0 Å². The maximum absolute atomic E-state index is 7.80. The maximum atomic E-state index is 7.80. The number of rotatable bonds is 5. The highest BCUT2D eigenvalue weighted by Crippen LogP contribution is 1.79. The molecule has 0 rings (SSSR count). The predicted octanol–water partition coefficient (Wildman–Crippen LogP) is 0.771. The van der Waals surface area contributed by atoms with Crippen LogP contribution in [0.2, 0.25) is 0 Å². The van der Waals surface area contributed by atoms with Crippen molar-refractivity contribution in [3.8, 4) is 0 Å². The Bertz CT molecular complexity index is 49.1. The maximum Gasteiger partial charge on any atom is 0.0554 e. The van der Waals surface area contributed by atoms with Gasteiger partial charge in [0.2, 0.25) is 0 Å². The normalized spacial score (nSPS) is 8.73. The lowest BCUT2D eigenvalue weighted by Gasteiger charge is -1.94. The number of aliphatic hydroxyl groups excluding tert-OH is 1. The van der Waals surface area contributed by atoms with Gasteiger partial charge in [-0.2, -0.15) is 37.9 Å². The molecule has 0 fully saturated rings. The molecule has 2 nitrogen and oxygen atoms in total. The minimum Gasteiger partial charge on any atom is -0.396 e. The van der Waals surface area contributed by atoms with Gasteiger partial charge in [-0.1, -0.05) is 0 Å². The van der Waals surface area contributed by atoms with Crippen LogP contribution in [0.5, 0.6) is 0 Å². The lowest BCUT2D eigenvalue weighted by atomic mass is 10.8. The summed E-state index contributed by atoms with van der Waals surface area (Å²) in [7, 11) is 0. The fraction of sp³-hybridized carbons (Fsp3) is 1.00. The highest BCUT2D eigenvalue weighted by Gasteiger charge is 1.78. The molecule has 0 saturated heterocycles. The van der Waals surface area contributed by atoms with Crippen LogP contribution in [0.3, 0.4) is 0 Å². The molecule has 0 aromatic carbocycles. The minimum absolute atomic E-state index is 0.184. The second-order valence-corrected chi connectivity index (χ2v) is 2.85. The lowest BCUT2D eigenvalue weighted by molar-refractivity contribution is 0.167. The molecule has 0 aliphatic heterocycles. The van der Waals surface area contributed by atoms with E-state index in [-0.39, 0.29) is 6.61 Å². The van der Waals surface area contributed by atoms with E-state index in [1.807, 2.05) is 0 Å². The van der Waals surface area contributed by atoms with Crippen molar-refractivity contribution < 1.29 is 9.84 Å². The van der Waals surface area contributed by atoms with Gasteiger partial charge in [0.25, 0.3) is 0 Å². The van der Waals surface area contributed by atoms with Gasteiger partial charge in [-0.25, -0.2) is 0 Å². The monoisotopic (exact) mass is 216 g/mol. The van der Waals surface area contributed by atoms with Gasteiger partial charge >= 0.3 is 0 Å². The Balaban J connectivity index is 0. The van der Waals surface area contributed by atoms with Crippen LogP contribution in [-0.2, 0) is 4.74 Å². The van der Waals surface area contributed by atoms with Crippen LogP contribution in [0, 0.1) is 0 Å². The third-order valence-electron chi connectivity index (χ3n) is 0.571. The topological polar surface area (TPSA) is 29.5 Å². The fourth-order valence-corrected chi connectivity index (χ4v) is 0.489. The van der Waals surface area contributed by atoms with Gasteiger partial charge in [0.15, 0.2) is 0 Å². The first kappa shape index (κ1) is 14.5. The molecule has 0 atom stereocenters. The van der Waals surface area contributed by atoms with Gasteiger partial charge in [-0.05, 0) is 0 Å². The first-order valence-electron chi connectivity index (χ1n) is 3.34. The Kier molecular flexibility index (Phi) is 22.6. The first-order chi connectivity index (χ1) is 5.33. The summed E-state index contributed by atoms with van der Waals surface area (Å²) in [6.07, 6.45) is 0. The summed E-state index contributed by atoms with van der Waals surface area (Å²) in [6.45, 7) is 1.66. The van der Waals surface area contributed by atoms with Crippen molar-refractivity contribution in [2.75, 3.05) is 37.1 Å². The van der Waals surface area contributed by atoms with E-state index in [9.17, 15) is 0 Å². The van der Waals surface area contributed by atoms with E-state index in [0.29, 0.717) is 5.75 Å². The average Bonchev–Trinajstić information content (AvgIpc) is 2.06. The van der Waals surface area contributed by atoms with Gasteiger partial charge in [0.1, 0.15) is 0 Å². The van der Waals surface area contributed by atoms with E-state index in [4.69, 9.17) is 9.84 Å². The summed E-state index contributed by atoms with van der Waals surface area (Å²) < 4.78 is 4.98. The Morgan fingerprint density at radius 2 is 1.27 bits per heavy atom. The minimum atomic E-state index is 0.184. The SMILES string of the molecule is OCCS.SCCOCCS. The molecule has 0 aromatic rings. The third-order valence-corrected chi connectivity index (χ3v) is 1.14. The average molecular weight is 216 g/mol. The molecule has 0 saturated carbocycles. The Morgan fingerprint density at radius 3 is 1.45 bits per heavy atom. The molecule has 0 heterocycles. The number of hydrogen-bond donors (Lipinski definition) is 4. The van der Waals surface area contributed by atoms with Crippen LogP contribution in [0.1, 0.15) is 0 Å². The van der Waals surface area contributed by atoms with Crippen LogP contribution in [0.25, 0.3) is 0 Å². The zero-order chi connectivity index (χ0) is 8.95. The van der Waals surface area contributed by atoms with E-state index >= 15 is 0 Å². The van der Waals surface area contributed by atoms with Crippen LogP contribution in [0.4, 0.5) is 0 Å². The van der Waals surface area contributed by atoms with Crippen molar-refractivity contribution >= 4 is 37.9 Å². The largest absolute Gasteiger partial charge is 0.396 e. The van der Waals surface area contributed by atoms with Crippen molar-refractivity contribution in [2.45, 2.75) is 0 Å². The summed E-state index contributed by atoms with van der Waals surface area (Å²) in [5, 5.41) is 7.80. The fourth-order valence-electron chi connectivity index (χ4n) is 0.231. The van der Waals surface area contributed by atoms with Gasteiger partial charge in [0, 0.05) is 17.3 Å². The van der Waals surface area contributed by atoms with Gasteiger partial charge < -0.3 is 9.84 Å². The summed E-state index contributed by atoms with van der Waals surface area (Å²) >= 11 is 11.6. The second-order valence-electron chi connectivity index (χ2n) is 1.51. The quantitative estimate of drug-likeness (QED) is 0.404. The molecule has 0 bridgehead atoms. The summed E-state index contributed by atoms with van der Waals surface area (Å²) in [6, 6.07) is 0. The number of ether oxygens (including phenoxy) is 1. The Labute approximate surface area is 84.9 Å². The zero-order valence-corrected chi connectivity index (χ0v) is 9.12. The van der Waals surface area contributed by atoms with Crippen molar-refractivity contribution in [1.82, 2.24) is 0 Å². The summed E-state index contributed by atoms with van der Waals surface area (Å²) in [4.78, 5) is 0. The van der Waals surface area contributed by atoms with E-state index < -0.39 is 0 Å². The first-order valence-corrected chi connectivity index (χ1v) is 5.24. The Morgan fingerprint density at radius 1 is 0.909 bits per heavy atom. The smallest absolute Gasteiger partial charge is 0.0554 e. The standard InChI is InChI=1S/C4H10OS2.C2H6OS/c6-3-1-5-2-4-7;3-1-2-4/h6-7H,1-4H2;3-4H,1-2H2. The van der Waals surface area contributed by atoms with Gasteiger partial charge in [-0.15, -0.1) is 0 Å². The van der Waals surface area contributed by atoms with Crippen LogP contribution >= 0.6 is 37.9 Å². The molecular formula is C6H16O2S3. The molecule has 0 amide bonds. The molecule has 0 aliphatic rings. The van der Waals surface area contributed by atoms with Crippen molar-refractivity contribution in [1.29, 1.82) is 0 Å². The van der Waals surface area contributed by atoms with E-state index in [1.165, 1.54) is 0 Å². The van der Waals surface area contributed by atoms with E-state index in [0.717, 1.165) is 24.7 Å². The predicted molar refractivity (Wildman–Crippen MR) is 59.5 cm³/mol. The highest BCUT2D eigenvalue weighted by atomic mass is 32.1. The van der Waals surface area contributed by atoms with Gasteiger partial charge in [0.05, 0.1) is 19.8 Å². The second kappa shape index (κ2) is 17.2. The third kappa shape index (κ3) is 24.8. The number of thiol groups is 3. The van der Waals surface area contributed by atoms with E-state index in [1.54, 1.807) is 0 Å². The molecule has 11 heavy (non-hydrogen) atoms. The van der Waals surface area contributed by atoms with Crippen LogP contribution < -0.4 is 0 Å². The van der Waals surface area contributed by atoms with Crippen LogP contribution in [0.15, 0.2) is 0 Å². The molecule has 0 aromatic heterocycles. The highest BCUT2D eigenvalue weighted by molar-refractivity contribution is 7.80. The Hall–Kier alpha value is 0.970. The molecular weight excluding hydrogens is 200 g/mol. The van der Waals surface area contributed by atoms with Crippen molar-refractivity contribution in [3.63, 3.8) is 0 Å².